The van der Waals surface area contributed by atoms with E-state index in [1.165, 1.54) is 5.69 Å². The van der Waals surface area contributed by atoms with Gasteiger partial charge in [0.05, 0.1) is 6.33 Å². The molecule has 1 heterocycles. The van der Waals surface area contributed by atoms with Gasteiger partial charge in [0.25, 0.3) is 0 Å². The predicted octanol–water partition coefficient (Wildman–Crippen LogP) is 1.74. The maximum absolute atomic E-state index is 6.06. The first-order chi connectivity index (χ1) is 6.59. The van der Waals surface area contributed by atoms with Crippen molar-refractivity contribution in [3.05, 3.63) is 18.2 Å². The van der Waals surface area contributed by atoms with Crippen molar-refractivity contribution in [3.8, 4) is 0 Å². The highest BCUT2D eigenvalue weighted by Crippen LogP contribution is 2.57. The fraction of sp³-hybridized carbons (Fsp3) is 0.727. The minimum Gasteiger partial charge on any atom is -0.334 e. The highest BCUT2D eigenvalue weighted by Gasteiger charge is 2.57. The zero-order valence-corrected chi connectivity index (χ0v) is 9.20. The van der Waals surface area contributed by atoms with Crippen LogP contribution in [-0.4, -0.2) is 15.6 Å². The Hall–Kier alpha value is -0.830. The van der Waals surface area contributed by atoms with Gasteiger partial charge in [0.15, 0.2) is 0 Å². The third-order valence-electron chi connectivity index (χ3n) is 3.44. The molecule has 2 unspecified atom stereocenters. The van der Waals surface area contributed by atoms with Gasteiger partial charge in [0, 0.05) is 30.4 Å². The van der Waals surface area contributed by atoms with E-state index in [0.717, 1.165) is 13.0 Å². The average Bonchev–Trinajstić information content (AvgIpc) is 2.52. The molecule has 1 aromatic heterocycles. The highest BCUT2D eigenvalue weighted by molar-refractivity contribution is 5.28. The number of imidazole rings is 1. The lowest BCUT2D eigenvalue weighted by Gasteiger charge is -2.07. The number of hydrogen-bond acceptors (Lipinski definition) is 2. The number of nitrogens with zero attached hydrogens (tertiary/aromatic N) is 2. The summed E-state index contributed by atoms with van der Waals surface area (Å²) in [6.07, 6.45) is 5.03. The van der Waals surface area contributed by atoms with Crippen LogP contribution in [0.1, 0.15) is 38.8 Å². The summed E-state index contributed by atoms with van der Waals surface area (Å²) in [7, 11) is 0. The van der Waals surface area contributed by atoms with Gasteiger partial charge in [-0.2, -0.15) is 0 Å². The molecule has 3 nitrogen and oxygen atoms in total. The maximum atomic E-state index is 6.06. The summed E-state index contributed by atoms with van der Waals surface area (Å²) in [4.78, 5) is 4.21. The summed E-state index contributed by atoms with van der Waals surface area (Å²) in [5, 5.41) is 0. The molecular weight excluding hydrogens is 174 g/mol. The van der Waals surface area contributed by atoms with E-state index in [-0.39, 0.29) is 5.41 Å². The number of aromatic nitrogens is 2. The van der Waals surface area contributed by atoms with E-state index < -0.39 is 0 Å². The van der Waals surface area contributed by atoms with Crippen molar-refractivity contribution in [1.82, 2.24) is 9.55 Å². The molecule has 2 atom stereocenters. The van der Waals surface area contributed by atoms with Gasteiger partial charge in [-0.05, 0) is 11.8 Å². The molecule has 2 N–H and O–H groups in total. The summed E-state index contributed by atoms with van der Waals surface area (Å²) in [5.74, 6) is 0.497. The predicted molar refractivity (Wildman–Crippen MR) is 57.0 cm³/mol. The Morgan fingerprint density at radius 2 is 2.21 bits per heavy atom. The molecule has 78 valence electrons. The molecule has 1 saturated carbocycles. The van der Waals surface area contributed by atoms with Gasteiger partial charge in [0.2, 0.25) is 0 Å². The van der Waals surface area contributed by atoms with Gasteiger partial charge in [0.1, 0.15) is 0 Å². The van der Waals surface area contributed by atoms with Crippen molar-refractivity contribution in [2.24, 2.45) is 11.1 Å². The Bertz CT molecular complexity index is 327. The molecule has 14 heavy (non-hydrogen) atoms. The largest absolute Gasteiger partial charge is 0.334 e. The Kier molecular flexibility index (Phi) is 2.14. The second-order valence-electron chi connectivity index (χ2n) is 4.84. The first kappa shape index (κ1) is 9.71. The van der Waals surface area contributed by atoms with Crippen molar-refractivity contribution < 1.29 is 0 Å². The van der Waals surface area contributed by atoms with Crippen LogP contribution in [0.15, 0.2) is 12.5 Å². The molecule has 1 aliphatic rings. The molecule has 1 fully saturated rings. The van der Waals surface area contributed by atoms with Crippen molar-refractivity contribution in [2.75, 3.05) is 0 Å². The molecule has 0 aromatic carbocycles. The summed E-state index contributed by atoms with van der Waals surface area (Å²) >= 11 is 0. The average molecular weight is 193 g/mol. The van der Waals surface area contributed by atoms with Crippen LogP contribution in [-0.2, 0) is 6.54 Å². The van der Waals surface area contributed by atoms with E-state index in [2.05, 4.69) is 30.3 Å². The standard InChI is InChI=1S/C11H19N3/c1-4-5-14-7-13-6-8(14)9-10(12)11(9,2)3/h6-7,9-10H,4-5,12H2,1-3H3. The lowest BCUT2D eigenvalue weighted by Crippen LogP contribution is -2.07. The number of rotatable bonds is 3. The summed E-state index contributed by atoms with van der Waals surface area (Å²) in [5.41, 5.74) is 7.62. The third kappa shape index (κ3) is 1.27. The van der Waals surface area contributed by atoms with E-state index in [1.807, 2.05) is 12.5 Å². The monoisotopic (exact) mass is 193 g/mol. The van der Waals surface area contributed by atoms with Crippen molar-refractivity contribution in [2.45, 2.75) is 45.7 Å². The molecule has 0 saturated heterocycles. The second-order valence-corrected chi connectivity index (χ2v) is 4.84. The van der Waals surface area contributed by atoms with E-state index in [9.17, 15) is 0 Å². The van der Waals surface area contributed by atoms with Gasteiger partial charge in [-0.1, -0.05) is 20.8 Å². The van der Waals surface area contributed by atoms with E-state index in [1.54, 1.807) is 0 Å². The molecule has 0 amide bonds. The zero-order chi connectivity index (χ0) is 10.3. The molecular formula is C11H19N3. The van der Waals surface area contributed by atoms with Crippen LogP contribution in [0.4, 0.5) is 0 Å². The summed E-state index contributed by atoms with van der Waals surface area (Å²) < 4.78 is 2.24. The lowest BCUT2D eigenvalue weighted by atomic mass is 10.1. The van der Waals surface area contributed by atoms with E-state index in [0.29, 0.717) is 12.0 Å². The minimum absolute atomic E-state index is 0.255. The first-order valence-corrected chi connectivity index (χ1v) is 5.34. The van der Waals surface area contributed by atoms with Crippen LogP contribution in [0.3, 0.4) is 0 Å². The number of hydrogen-bond donors (Lipinski definition) is 1. The SMILES string of the molecule is CCCn1cncc1C1C(N)C1(C)C. The molecule has 0 aliphatic heterocycles. The minimum atomic E-state index is 0.255. The smallest absolute Gasteiger partial charge is 0.0948 e. The van der Waals surface area contributed by atoms with Crippen molar-refractivity contribution >= 4 is 0 Å². The highest BCUT2D eigenvalue weighted by atomic mass is 15.1. The molecule has 3 heteroatoms. The van der Waals surface area contributed by atoms with Gasteiger partial charge in [-0.25, -0.2) is 4.98 Å². The van der Waals surface area contributed by atoms with Crippen LogP contribution in [0.25, 0.3) is 0 Å². The fourth-order valence-corrected chi connectivity index (χ4v) is 2.26. The number of nitrogens with two attached hydrogens (primary N) is 1. The molecule has 1 aromatic rings. The Morgan fingerprint density at radius 3 is 2.71 bits per heavy atom. The van der Waals surface area contributed by atoms with E-state index >= 15 is 0 Å². The van der Waals surface area contributed by atoms with Gasteiger partial charge >= 0.3 is 0 Å². The molecule has 0 spiro atoms. The van der Waals surface area contributed by atoms with Crippen LogP contribution < -0.4 is 5.73 Å². The molecule has 2 rings (SSSR count). The van der Waals surface area contributed by atoms with Crippen LogP contribution in [0.5, 0.6) is 0 Å². The first-order valence-electron chi connectivity index (χ1n) is 5.34. The number of aryl methyl sites for hydroxylation is 1. The van der Waals surface area contributed by atoms with Gasteiger partial charge in [-0.3, -0.25) is 0 Å². The van der Waals surface area contributed by atoms with Crippen molar-refractivity contribution in [1.29, 1.82) is 0 Å². The van der Waals surface area contributed by atoms with Crippen molar-refractivity contribution in [3.63, 3.8) is 0 Å². The van der Waals surface area contributed by atoms with Gasteiger partial charge in [-0.15, -0.1) is 0 Å². The van der Waals surface area contributed by atoms with Crippen LogP contribution in [0, 0.1) is 5.41 Å². The van der Waals surface area contributed by atoms with Crippen LogP contribution >= 0.6 is 0 Å². The summed E-state index contributed by atoms with van der Waals surface area (Å²) in [6.45, 7) is 7.69. The Labute approximate surface area is 85.3 Å². The quantitative estimate of drug-likeness (QED) is 0.794. The summed E-state index contributed by atoms with van der Waals surface area (Å²) in [6, 6.07) is 0.301. The lowest BCUT2D eigenvalue weighted by molar-refractivity contribution is 0.574. The fourth-order valence-electron chi connectivity index (χ4n) is 2.26. The molecule has 1 aliphatic carbocycles. The molecule has 0 radical (unpaired) electrons. The third-order valence-corrected chi connectivity index (χ3v) is 3.44. The van der Waals surface area contributed by atoms with E-state index in [4.69, 9.17) is 5.73 Å². The normalized spacial score (nSPS) is 29.1. The Morgan fingerprint density at radius 1 is 1.57 bits per heavy atom. The Balaban J connectivity index is 2.22. The van der Waals surface area contributed by atoms with Gasteiger partial charge < -0.3 is 10.3 Å². The topological polar surface area (TPSA) is 43.8 Å². The maximum Gasteiger partial charge on any atom is 0.0948 e. The zero-order valence-electron chi connectivity index (χ0n) is 9.20. The van der Waals surface area contributed by atoms with Crippen LogP contribution in [0.2, 0.25) is 0 Å². The second kappa shape index (κ2) is 3.09. The molecule has 0 bridgehead atoms.